The van der Waals surface area contributed by atoms with Gasteiger partial charge in [0.15, 0.2) is 0 Å². The smallest absolute Gasteiger partial charge is 0.0713 e. The Morgan fingerprint density at radius 2 is 1.70 bits per heavy atom. The molecule has 0 amide bonds. The summed E-state index contributed by atoms with van der Waals surface area (Å²) in [6.45, 7) is 12.0. The fraction of sp³-hybridized carbons (Fsp3) is 0.750. The predicted molar refractivity (Wildman–Crippen MR) is 47.6 cm³/mol. The third-order valence-corrected chi connectivity index (χ3v) is 0.440. The van der Waals surface area contributed by atoms with Crippen LogP contribution in [0.4, 0.5) is 0 Å². The van der Waals surface area contributed by atoms with E-state index >= 15 is 0 Å². The van der Waals surface area contributed by atoms with Crippen LogP contribution in [-0.2, 0) is 4.84 Å². The van der Waals surface area contributed by atoms with Gasteiger partial charge in [-0.15, -0.1) is 6.58 Å². The van der Waals surface area contributed by atoms with E-state index in [1.165, 1.54) is 0 Å². The fourth-order valence-electron chi connectivity index (χ4n) is 0.151. The summed E-state index contributed by atoms with van der Waals surface area (Å²) in [5.41, 5.74) is 0. The molecule has 0 aromatic heterocycles. The van der Waals surface area contributed by atoms with Crippen LogP contribution in [0.3, 0.4) is 0 Å². The highest BCUT2D eigenvalue weighted by Gasteiger charge is 1.70. The molecule has 0 aromatic carbocycles. The molecule has 0 radical (unpaired) electrons. The molecule has 0 fully saturated rings. The molecular weight excluding hydrogens is 126 g/mol. The minimum absolute atomic E-state index is 0.573. The molecule has 0 aliphatic heterocycles. The van der Waals surface area contributed by atoms with Crippen LogP contribution in [0.2, 0.25) is 0 Å². The summed E-state index contributed by atoms with van der Waals surface area (Å²) in [7, 11) is 0. The Morgan fingerprint density at radius 3 is 1.80 bits per heavy atom. The van der Waals surface area contributed by atoms with Crippen LogP contribution in [0.15, 0.2) is 12.7 Å². The van der Waals surface area contributed by atoms with Crippen molar-refractivity contribution in [2.24, 2.45) is 5.90 Å². The highest BCUT2D eigenvalue weighted by atomic mass is 16.6. The van der Waals surface area contributed by atoms with E-state index < -0.39 is 0 Å². The van der Waals surface area contributed by atoms with Gasteiger partial charge in [-0.1, -0.05) is 33.8 Å². The standard InChI is InChI=1S/C4H9NO.2C2H6/c1-2-3-4-6-5;2*1-2/h2H,1,3-5H2;2*1-2H3. The molecule has 10 heavy (non-hydrogen) atoms. The Kier molecular flexibility index (Phi) is 62.0. The second-order valence-corrected chi connectivity index (χ2v) is 0.948. The van der Waals surface area contributed by atoms with Crippen LogP contribution in [0.25, 0.3) is 0 Å². The van der Waals surface area contributed by atoms with Gasteiger partial charge in [0, 0.05) is 0 Å². The van der Waals surface area contributed by atoms with Crippen molar-refractivity contribution in [3.63, 3.8) is 0 Å². The Bertz CT molecular complexity index is 38.2. The number of rotatable bonds is 3. The average molecular weight is 147 g/mol. The lowest BCUT2D eigenvalue weighted by atomic mass is 10.5. The topological polar surface area (TPSA) is 35.2 Å². The average Bonchev–Trinajstić information content (AvgIpc) is 2.08. The second kappa shape index (κ2) is 37.9. The normalized spacial score (nSPS) is 6.10. The summed E-state index contributed by atoms with van der Waals surface area (Å²) >= 11 is 0. The van der Waals surface area contributed by atoms with Crippen LogP contribution in [-0.4, -0.2) is 6.61 Å². The van der Waals surface area contributed by atoms with Crippen molar-refractivity contribution >= 4 is 0 Å². The van der Waals surface area contributed by atoms with Crippen LogP contribution < -0.4 is 5.90 Å². The van der Waals surface area contributed by atoms with Gasteiger partial charge in [0.05, 0.1) is 6.61 Å². The third kappa shape index (κ3) is 48.0. The maximum atomic E-state index is 4.67. The second-order valence-electron chi connectivity index (χ2n) is 0.948. The van der Waals surface area contributed by atoms with Crippen molar-refractivity contribution in [3.05, 3.63) is 12.7 Å². The Morgan fingerprint density at radius 1 is 1.30 bits per heavy atom. The number of hydrogen-bond acceptors (Lipinski definition) is 2. The van der Waals surface area contributed by atoms with E-state index in [1.54, 1.807) is 6.08 Å². The van der Waals surface area contributed by atoms with Crippen LogP contribution in [0.5, 0.6) is 0 Å². The first kappa shape index (κ1) is 16.3. The van der Waals surface area contributed by atoms with E-state index in [0.717, 1.165) is 6.42 Å². The molecule has 2 heteroatoms. The summed E-state index contributed by atoms with van der Waals surface area (Å²) in [6, 6.07) is 0. The zero-order valence-corrected chi connectivity index (χ0v) is 7.68. The Labute approximate surface area is 65.0 Å². The van der Waals surface area contributed by atoms with Gasteiger partial charge in [-0.2, -0.15) is 0 Å². The van der Waals surface area contributed by atoms with Gasteiger partial charge in [-0.3, -0.25) is 0 Å². The van der Waals surface area contributed by atoms with Crippen LogP contribution in [0.1, 0.15) is 34.1 Å². The van der Waals surface area contributed by atoms with Crippen molar-refractivity contribution in [3.8, 4) is 0 Å². The lowest BCUT2D eigenvalue weighted by molar-refractivity contribution is 0.143. The van der Waals surface area contributed by atoms with E-state index in [1.807, 2.05) is 27.7 Å². The van der Waals surface area contributed by atoms with Crippen LogP contribution in [0, 0.1) is 0 Å². The van der Waals surface area contributed by atoms with Crippen molar-refractivity contribution < 1.29 is 4.84 Å². The highest BCUT2D eigenvalue weighted by molar-refractivity contribution is 4.63. The summed E-state index contributed by atoms with van der Waals surface area (Å²) in [5.74, 6) is 4.67. The summed E-state index contributed by atoms with van der Waals surface area (Å²) in [4.78, 5) is 4.21. The van der Waals surface area contributed by atoms with Gasteiger partial charge >= 0.3 is 0 Å². The van der Waals surface area contributed by atoms with Gasteiger partial charge in [-0.05, 0) is 6.42 Å². The first-order chi connectivity index (χ1) is 4.91. The van der Waals surface area contributed by atoms with Crippen molar-refractivity contribution in [1.29, 1.82) is 0 Å². The molecule has 0 aromatic rings. The maximum Gasteiger partial charge on any atom is 0.0713 e. The monoisotopic (exact) mass is 147 g/mol. The van der Waals surface area contributed by atoms with E-state index in [0.29, 0.717) is 6.61 Å². The van der Waals surface area contributed by atoms with Gasteiger partial charge < -0.3 is 4.84 Å². The zero-order chi connectivity index (χ0) is 8.83. The van der Waals surface area contributed by atoms with Gasteiger partial charge in [0.2, 0.25) is 0 Å². The van der Waals surface area contributed by atoms with Crippen molar-refractivity contribution in [2.45, 2.75) is 34.1 Å². The fourth-order valence-corrected chi connectivity index (χ4v) is 0.151. The van der Waals surface area contributed by atoms with E-state index in [-0.39, 0.29) is 0 Å². The largest absolute Gasteiger partial charge is 0.304 e. The number of nitrogens with two attached hydrogens (primary N) is 1. The molecule has 0 bridgehead atoms. The molecule has 0 rings (SSSR count). The molecule has 2 nitrogen and oxygen atoms in total. The molecule has 0 unspecified atom stereocenters. The van der Waals surface area contributed by atoms with Gasteiger partial charge in [0.1, 0.15) is 0 Å². The Balaban J connectivity index is -0.000000105. The first-order valence-corrected chi connectivity index (χ1v) is 3.84. The van der Waals surface area contributed by atoms with E-state index in [9.17, 15) is 0 Å². The molecule has 0 atom stereocenters. The minimum Gasteiger partial charge on any atom is -0.304 e. The molecule has 0 saturated heterocycles. The minimum atomic E-state index is 0.573. The molecule has 64 valence electrons. The lowest BCUT2D eigenvalue weighted by Gasteiger charge is -1.85. The molecule has 0 aliphatic carbocycles. The molecule has 2 N–H and O–H groups in total. The van der Waals surface area contributed by atoms with E-state index in [4.69, 9.17) is 0 Å². The molecular formula is C8H21NO. The van der Waals surface area contributed by atoms with Crippen LogP contribution >= 0.6 is 0 Å². The highest BCUT2D eigenvalue weighted by Crippen LogP contribution is 1.74. The lowest BCUT2D eigenvalue weighted by Crippen LogP contribution is -1.98. The SMILES string of the molecule is C=CCCON.CC.CC. The molecule has 0 saturated carbocycles. The zero-order valence-electron chi connectivity index (χ0n) is 7.68. The first-order valence-electron chi connectivity index (χ1n) is 3.84. The van der Waals surface area contributed by atoms with Gasteiger partial charge in [-0.25, -0.2) is 5.90 Å². The quantitative estimate of drug-likeness (QED) is 0.378. The Hall–Kier alpha value is -0.340. The third-order valence-electron chi connectivity index (χ3n) is 0.440. The predicted octanol–water partition coefficient (Wildman–Crippen LogP) is 2.51. The molecule has 0 spiro atoms. The van der Waals surface area contributed by atoms with Crippen molar-refractivity contribution in [2.75, 3.05) is 6.61 Å². The maximum absolute atomic E-state index is 4.67. The molecule has 0 aliphatic rings. The van der Waals surface area contributed by atoms with Crippen molar-refractivity contribution in [1.82, 2.24) is 0 Å². The summed E-state index contributed by atoms with van der Waals surface area (Å²) in [6.07, 6.45) is 2.59. The van der Waals surface area contributed by atoms with Gasteiger partial charge in [0.25, 0.3) is 0 Å². The summed E-state index contributed by atoms with van der Waals surface area (Å²) in [5, 5.41) is 0. The summed E-state index contributed by atoms with van der Waals surface area (Å²) < 4.78 is 0. The van der Waals surface area contributed by atoms with E-state index in [2.05, 4.69) is 17.3 Å². The molecule has 0 heterocycles. The number of hydrogen-bond donors (Lipinski definition) is 1.